The van der Waals surface area contributed by atoms with Gasteiger partial charge in [-0.15, -0.1) is 0 Å². The summed E-state index contributed by atoms with van der Waals surface area (Å²) in [7, 11) is 0. The third-order valence-corrected chi connectivity index (χ3v) is 6.19. The van der Waals surface area contributed by atoms with Crippen LogP contribution < -0.4 is 5.56 Å². The maximum atomic E-state index is 13.3. The first-order valence-electron chi connectivity index (χ1n) is 10.8. The third-order valence-electron chi connectivity index (χ3n) is 6.19. The van der Waals surface area contributed by atoms with Crippen molar-refractivity contribution in [1.29, 1.82) is 0 Å². The molecule has 0 aliphatic carbocycles. The molecule has 2 fully saturated rings. The van der Waals surface area contributed by atoms with Crippen LogP contribution in [0, 0.1) is 20.8 Å². The van der Waals surface area contributed by atoms with Gasteiger partial charge in [-0.1, -0.05) is 0 Å². The summed E-state index contributed by atoms with van der Waals surface area (Å²) in [4.78, 5) is 30.5. The molecular weight excluding hydrogens is 382 g/mol. The highest BCUT2D eigenvalue weighted by atomic mass is 16.5. The van der Waals surface area contributed by atoms with Crippen molar-refractivity contribution in [1.82, 2.24) is 24.1 Å². The van der Waals surface area contributed by atoms with E-state index < -0.39 is 0 Å². The van der Waals surface area contributed by atoms with Crippen LogP contribution in [0.15, 0.2) is 23.1 Å². The standard InChI is InChI=1S/C22H31N5O3/c1-16-4-6-25(9-8-24-10-12-30-13-11-24)21(28)20(16)22(29)26-7-5-19(15-26)27-18(3)14-17(2)23-27/h4,6,14,19H,5,7-13,15H2,1-3H3. The number of carbonyl (C=O) groups is 1. The number of nitrogens with zero attached hydrogens (tertiary/aromatic N) is 5. The average Bonchev–Trinajstić information content (AvgIpc) is 3.34. The normalized spacial score (nSPS) is 20.1. The summed E-state index contributed by atoms with van der Waals surface area (Å²) in [6.45, 7) is 11.7. The number of amides is 1. The lowest BCUT2D eigenvalue weighted by Crippen LogP contribution is -2.40. The van der Waals surface area contributed by atoms with Crippen LogP contribution in [0.1, 0.15) is 39.8 Å². The molecule has 1 atom stereocenters. The fourth-order valence-corrected chi connectivity index (χ4v) is 4.48. The quantitative estimate of drug-likeness (QED) is 0.741. The van der Waals surface area contributed by atoms with Crippen LogP contribution in [-0.2, 0) is 11.3 Å². The number of pyridine rings is 1. The highest BCUT2D eigenvalue weighted by Crippen LogP contribution is 2.24. The molecule has 0 aromatic carbocycles. The molecule has 0 spiro atoms. The molecule has 2 saturated heterocycles. The molecule has 1 unspecified atom stereocenters. The topological polar surface area (TPSA) is 72.6 Å². The molecule has 8 nitrogen and oxygen atoms in total. The summed E-state index contributed by atoms with van der Waals surface area (Å²) >= 11 is 0. The summed E-state index contributed by atoms with van der Waals surface area (Å²) in [5.74, 6) is -0.165. The van der Waals surface area contributed by atoms with Crippen molar-refractivity contribution in [2.75, 3.05) is 45.9 Å². The number of morpholine rings is 1. The first kappa shape index (κ1) is 20.8. The van der Waals surface area contributed by atoms with E-state index in [-0.39, 0.29) is 17.5 Å². The Morgan fingerprint density at radius 3 is 2.63 bits per heavy atom. The number of hydrogen-bond donors (Lipinski definition) is 0. The minimum absolute atomic E-state index is 0.162. The lowest BCUT2D eigenvalue weighted by molar-refractivity contribution is 0.0362. The molecule has 1 amide bonds. The van der Waals surface area contributed by atoms with Gasteiger partial charge in [0.05, 0.1) is 24.9 Å². The molecule has 0 saturated carbocycles. The van der Waals surface area contributed by atoms with Crippen molar-refractivity contribution in [3.63, 3.8) is 0 Å². The molecule has 0 radical (unpaired) electrons. The zero-order valence-electron chi connectivity index (χ0n) is 18.1. The predicted octanol–water partition coefficient (Wildman–Crippen LogP) is 1.39. The fourth-order valence-electron chi connectivity index (χ4n) is 4.48. The molecule has 4 rings (SSSR count). The van der Waals surface area contributed by atoms with E-state index in [2.05, 4.69) is 16.1 Å². The maximum absolute atomic E-state index is 13.3. The number of hydrogen-bond acceptors (Lipinski definition) is 5. The van der Waals surface area contributed by atoms with E-state index >= 15 is 0 Å². The zero-order valence-corrected chi connectivity index (χ0v) is 18.1. The molecule has 4 heterocycles. The second kappa shape index (κ2) is 8.73. The Morgan fingerprint density at radius 2 is 1.93 bits per heavy atom. The van der Waals surface area contributed by atoms with E-state index in [0.29, 0.717) is 25.2 Å². The number of aromatic nitrogens is 3. The first-order valence-corrected chi connectivity index (χ1v) is 10.8. The smallest absolute Gasteiger partial charge is 0.263 e. The van der Waals surface area contributed by atoms with E-state index in [1.807, 2.05) is 31.5 Å². The maximum Gasteiger partial charge on any atom is 0.263 e. The Bertz CT molecular complexity index is 974. The van der Waals surface area contributed by atoms with E-state index in [1.165, 1.54) is 0 Å². The Morgan fingerprint density at radius 1 is 1.17 bits per heavy atom. The predicted molar refractivity (Wildman–Crippen MR) is 114 cm³/mol. The second-order valence-electron chi connectivity index (χ2n) is 8.39. The molecule has 8 heteroatoms. The van der Waals surface area contributed by atoms with Crippen LogP contribution in [0.25, 0.3) is 0 Å². The number of likely N-dealkylation sites (tertiary alicyclic amines) is 1. The molecule has 2 aromatic rings. The van der Waals surface area contributed by atoms with Gasteiger partial charge in [0.25, 0.3) is 11.5 Å². The van der Waals surface area contributed by atoms with Crippen molar-refractivity contribution >= 4 is 5.91 Å². The lowest BCUT2D eigenvalue weighted by Gasteiger charge is -2.26. The van der Waals surface area contributed by atoms with Gasteiger partial charge in [0, 0.05) is 51.2 Å². The zero-order chi connectivity index (χ0) is 21.3. The highest BCUT2D eigenvalue weighted by Gasteiger charge is 2.31. The van der Waals surface area contributed by atoms with Crippen LogP contribution in [0.2, 0.25) is 0 Å². The summed E-state index contributed by atoms with van der Waals surface area (Å²) in [6.07, 6.45) is 2.66. The third kappa shape index (κ3) is 4.20. The van der Waals surface area contributed by atoms with Gasteiger partial charge < -0.3 is 14.2 Å². The van der Waals surface area contributed by atoms with Gasteiger partial charge in [0.15, 0.2) is 0 Å². The van der Waals surface area contributed by atoms with E-state index in [0.717, 1.165) is 56.2 Å². The SMILES string of the molecule is Cc1cc(C)n(C2CCN(C(=O)c3c(C)ccn(CCN4CCOCC4)c3=O)C2)n1. The second-order valence-corrected chi connectivity index (χ2v) is 8.39. The molecule has 30 heavy (non-hydrogen) atoms. The largest absolute Gasteiger partial charge is 0.379 e. The molecular formula is C22H31N5O3. The van der Waals surface area contributed by atoms with Crippen molar-refractivity contribution in [3.05, 3.63) is 51.2 Å². The van der Waals surface area contributed by atoms with Gasteiger partial charge in [-0.2, -0.15) is 5.10 Å². The molecule has 0 bridgehead atoms. The molecule has 2 aromatic heterocycles. The summed E-state index contributed by atoms with van der Waals surface area (Å²) in [5.41, 5.74) is 2.94. The van der Waals surface area contributed by atoms with E-state index in [9.17, 15) is 9.59 Å². The molecule has 0 N–H and O–H groups in total. The van der Waals surface area contributed by atoms with Crippen LogP contribution in [0.5, 0.6) is 0 Å². The van der Waals surface area contributed by atoms with Gasteiger partial charge >= 0.3 is 0 Å². The van der Waals surface area contributed by atoms with Crippen LogP contribution in [0.3, 0.4) is 0 Å². The van der Waals surface area contributed by atoms with Crippen LogP contribution >= 0.6 is 0 Å². The summed E-state index contributed by atoms with van der Waals surface area (Å²) < 4.78 is 9.07. The summed E-state index contributed by atoms with van der Waals surface area (Å²) in [5, 5.41) is 4.58. The van der Waals surface area contributed by atoms with Crippen molar-refractivity contribution < 1.29 is 9.53 Å². The number of aryl methyl sites for hydroxylation is 3. The first-order chi connectivity index (χ1) is 14.4. The van der Waals surface area contributed by atoms with Gasteiger partial charge in [-0.25, -0.2) is 0 Å². The number of carbonyl (C=O) groups excluding carboxylic acids is 1. The Hall–Kier alpha value is -2.45. The van der Waals surface area contributed by atoms with Gasteiger partial charge in [0.2, 0.25) is 0 Å². The van der Waals surface area contributed by atoms with Crippen molar-refractivity contribution in [2.24, 2.45) is 0 Å². The minimum atomic E-state index is -0.192. The monoisotopic (exact) mass is 413 g/mol. The molecule has 162 valence electrons. The van der Waals surface area contributed by atoms with Crippen LogP contribution in [-0.4, -0.2) is 76.0 Å². The van der Waals surface area contributed by atoms with E-state index in [1.54, 1.807) is 15.7 Å². The Balaban J connectivity index is 1.48. The average molecular weight is 414 g/mol. The minimum Gasteiger partial charge on any atom is -0.379 e. The van der Waals surface area contributed by atoms with E-state index in [4.69, 9.17) is 4.74 Å². The molecule has 2 aliphatic rings. The Kier molecular flexibility index (Phi) is 6.06. The number of rotatable bonds is 5. The van der Waals surface area contributed by atoms with Crippen molar-refractivity contribution in [2.45, 2.75) is 39.8 Å². The fraction of sp³-hybridized carbons (Fsp3) is 0.591. The Labute approximate surface area is 177 Å². The van der Waals surface area contributed by atoms with Crippen LogP contribution in [0.4, 0.5) is 0 Å². The lowest BCUT2D eigenvalue weighted by atomic mass is 10.1. The van der Waals surface area contributed by atoms with Gasteiger partial charge in [-0.3, -0.25) is 19.2 Å². The molecule has 2 aliphatic heterocycles. The summed E-state index contributed by atoms with van der Waals surface area (Å²) in [6, 6.07) is 4.09. The van der Waals surface area contributed by atoms with Gasteiger partial charge in [-0.05, 0) is 44.9 Å². The van der Waals surface area contributed by atoms with Gasteiger partial charge in [0.1, 0.15) is 5.56 Å². The van der Waals surface area contributed by atoms with Crippen molar-refractivity contribution in [3.8, 4) is 0 Å². The number of ether oxygens (including phenoxy) is 1. The highest BCUT2D eigenvalue weighted by molar-refractivity contribution is 5.95.